The number of nitrogens with zero attached hydrogens (tertiary/aromatic N) is 2. The summed E-state index contributed by atoms with van der Waals surface area (Å²) >= 11 is 1.58. The van der Waals surface area contributed by atoms with Gasteiger partial charge in [0.2, 0.25) is 5.91 Å². The van der Waals surface area contributed by atoms with E-state index in [1.807, 2.05) is 62.5 Å². The van der Waals surface area contributed by atoms with E-state index in [0.717, 1.165) is 28.1 Å². The van der Waals surface area contributed by atoms with E-state index < -0.39 is 17.6 Å². The van der Waals surface area contributed by atoms with E-state index in [1.54, 1.807) is 16.2 Å². The van der Waals surface area contributed by atoms with Gasteiger partial charge in [0.25, 0.3) is 5.91 Å². The Morgan fingerprint density at radius 1 is 0.971 bits per heavy atom. The Bertz CT molecular complexity index is 1130. The van der Waals surface area contributed by atoms with Crippen molar-refractivity contribution in [1.29, 1.82) is 0 Å². The van der Waals surface area contributed by atoms with Crippen molar-refractivity contribution in [2.75, 3.05) is 6.54 Å². The lowest BCUT2D eigenvalue weighted by molar-refractivity contribution is -0.137. The van der Waals surface area contributed by atoms with Gasteiger partial charge in [0.05, 0.1) is 12.1 Å². The van der Waals surface area contributed by atoms with Crippen LogP contribution in [-0.2, 0) is 24.1 Å². The van der Waals surface area contributed by atoms with E-state index in [4.69, 9.17) is 0 Å². The Balaban J connectivity index is 1.84. The van der Waals surface area contributed by atoms with Gasteiger partial charge in [0, 0.05) is 23.0 Å². The van der Waals surface area contributed by atoms with Crippen LogP contribution in [0.25, 0.3) is 0 Å². The van der Waals surface area contributed by atoms with Crippen LogP contribution in [-0.4, -0.2) is 34.2 Å². The maximum Gasteiger partial charge on any atom is 0.416 e. The predicted octanol–water partition coefficient (Wildman–Crippen LogP) is 6.55. The van der Waals surface area contributed by atoms with Gasteiger partial charge in [0.1, 0.15) is 6.54 Å². The Morgan fingerprint density at radius 3 is 2.17 bits per heavy atom. The van der Waals surface area contributed by atoms with Crippen LogP contribution in [0.2, 0.25) is 0 Å². The van der Waals surface area contributed by atoms with Gasteiger partial charge >= 0.3 is 6.18 Å². The fraction of sp³-hybridized carbons (Fsp3) is 0.333. The normalized spacial score (nSPS) is 12.3. The van der Waals surface area contributed by atoms with Gasteiger partial charge in [-0.2, -0.15) is 13.2 Å². The molecule has 2 amide bonds. The summed E-state index contributed by atoms with van der Waals surface area (Å²) in [6.07, 6.45) is -3.88. The Morgan fingerprint density at radius 2 is 1.63 bits per heavy atom. The van der Waals surface area contributed by atoms with Gasteiger partial charge in [-0.15, -0.1) is 11.3 Å². The first-order valence-corrected chi connectivity index (χ1v) is 12.3. The Hall–Kier alpha value is -3.13. The van der Waals surface area contributed by atoms with E-state index in [1.165, 1.54) is 17.0 Å². The standard InChI is InChI=1S/C27H29F3N2O2S/c1-4-20(3)32(26(34)22-10-12-23(13-11-22)27(28,29)30)18-25(33)31(16-21-8-6-5-7-9-21)17-24-19(2)14-15-35-24/h5-15,20H,4,16-18H2,1-3H3. The van der Waals surface area contributed by atoms with Gasteiger partial charge in [-0.05, 0) is 67.1 Å². The second-order valence-corrected chi connectivity index (χ2v) is 9.53. The van der Waals surface area contributed by atoms with Crippen molar-refractivity contribution < 1.29 is 22.8 Å². The number of benzene rings is 2. The maximum atomic E-state index is 13.5. The van der Waals surface area contributed by atoms with Crippen LogP contribution in [0.3, 0.4) is 0 Å². The summed E-state index contributed by atoms with van der Waals surface area (Å²) < 4.78 is 38.8. The average Bonchev–Trinajstić information content (AvgIpc) is 3.25. The van der Waals surface area contributed by atoms with Gasteiger partial charge in [-0.3, -0.25) is 9.59 Å². The fourth-order valence-corrected chi connectivity index (χ4v) is 4.56. The smallest absolute Gasteiger partial charge is 0.332 e. The maximum absolute atomic E-state index is 13.5. The summed E-state index contributed by atoms with van der Waals surface area (Å²) in [4.78, 5) is 31.0. The number of aryl methyl sites for hydroxylation is 1. The van der Waals surface area contributed by atoms with E-state index in [2.05, 4.69) is 0 Å². The molecule has 1 heterocycles. The second kappa shape index (κ2) is 11.5. The molecule has 0 aliphatic carbocycles. The molecule has 1 unspecified atom stereocenters. The first kappa shape index (κ1) is 26.5. The van der Waals surface area contributed by atoms with E-state index in [0.29, 0.717) is 19.5 Å². The molecule has 0 aliphatic rings. The highest BCUT2D eigenvalue weighted by molar-refractivity contribution is 7.10. The molecule has 1 aromatic heterocycles. The third kappa shape index (κ3) is 6.94. The van der Waals surface area contributed by atoms with Crippen molar-refractivity contribution >= 4 is 23.2 Å². The lowest BCUT2D eigenvalue weighted by Gasteiger charge is -2.31. The van der Waals surface area contributed by atoms with Crippen LogP contribution in [0.1, 0.15) is 52.2 Å². The summed E-state index contributed by atoms with van der Waals surface area (Å²) in [5.41, 5.74) is 1.37. The van der Waals surface area contributed by atoms with Crippen molar-refractivity contribution in [3.63, 3.8) is 0 Å². The van der Waals surface area contributed by atoms with E-state index in [-0.39, 0.29) is 24.1 Å². The minimum Gasteiger partial charge on any atom is -0.332 e. The number of rotatable bonds is 9. The number of amides is 2. The molecule has 3 rings (SSSR count). The van der Waals surface area contributed by atoms with E-state index >= 15 is 0 Å². The molecule has 35 heavy (non-hydrogen) atoms. The second-order valence-electron chi connectivity index (χ2n) is 8.53. The number of carbonyl (C=O) groups is 2. The van der Waals surface area contributed by atoms with Crippen molar-refractivity contribution in [1.82, 2.24) is 9.80 Å². The molecular formula is C27H29F3N2O2S. The molecule has 0 radical (unpaired) electrons. The third-order valence-electron chi connectivity index (χ3n) is 6.02. The van der Waals surface area contributed by atoms with Crippen LogP contribution in [0.4, 0.5) is 13.2 Å². The molecule has 0 bridgehead atoms. The largest absolute Gasteiger partial charge is 0.416 e. The summed E-state index contributed by atoms with van der Waals surface area (Å²) in [6, 6.07) is 15.5. The molecule has 0 N–H and O–H groups in total. The SMILES string of the molecule is CCC(C)N(CC(=O)N(Cc1ccccc1)Cc1sccc1C)C(=O)c1ccc(C(F)(F)F)cc1. The summed E-state index contributed by atoms with van der Waals surface area (Å²) in [5, 5.41) is 1.98. The first-order valence-electron chi connectivity index (χ1n) is 11.4. The molecule has 0 saturated carbocycles. The number of halogens is 3. The summed E-state index contributed by atoms with van der Waals surface area (Å²) in [5.74, 6) is -0.685. The minimum atomic E-state index is -4.48. The average molecular weight is 503 g/mol. The van der Waals surface area contributed by atoms with Gasteiger partial charge in [-0.1, -0.05) is 37.3 Å². The fourth-order valence-electron chi connectivity index (χ4n) is 3.64. The van der Waals surface area contributed by atoms with Crippen LogP contribution >= 0.6 is 11.3 Å². The highest BCUT2D eigenvalue weighted by atomic mass is 32.1. The minimum absolute atomic E-state index is 0.120. The molecule has 1 atom stereocenters. The molecule has 0 spiro atoms. The zero-order valence-corrected chi connectivity index (χ0v) is 20.8. The quantitative estimate of drug-likeness (QED) is 0.333. The third-order valence-corrected chi connectivity index (χ3v) is 7.03. The lowest BCUT2D eigenvalue weighted by Crippen LogP contribution is -2.46. The van der Waals surface area contributed by atoms with Crippen LogP contribution in [0.5, 0.6) is 0 Å². The zero-order chi connectivity index (χ0) is 25.6. The number of carbonyl (C=O) groups excluding carboxylic acids is 2. The number of hydrogen-bond acceptors (Lipinski definition) is 3. The Labute approximate surface area is 208 Å². The summed E-state index contributed by atoms with van der Waals surface area (Å²) in [7, 11) is 0. The lowest BCUT2D eigenvalue weighted by atomic mass is 10.1. The van der Waals surface area contributed by atoms with Crippen molar-refractivity contribution in [3.8, 4) is 0 Å². The molecule has 0 aliphatic heterocycles. The number of hydrogen-bond donors (Lipinski definition) is 0. The molecule has 0 saturated heterocycles. The molecule has 8 heteroatoms. The topological polar surface area (TPSA) is 40.6 Å². The van der Waals surface area contributed by atoms with Gasteiger partial charge < -0.3 is 9.80 Å². The Kier molecular flexibility index (Phi) is 8.72. The molecule has 2 aromatic carbocycles. The van der Waals surface area contributed by atoms with Crippen molar-refractivity contribution in [2.45, 2.75) is 52.5 Å². The van der Waals surface area contributed by atoms with Crippen LogP contribution < -0.4 is 0 Å². The van der Waals surface area contributed by atoms with Gasteiger partial charge in [-0.25, -0.2) is 0 Å². The predicted molar refractivity (Wildman–Crippen MR) is 132 cm³/mol. The summed E-state index contributed by atoms with van der Waals surface area (Å²) in [6.45, 7) is 6.38. The monoisotopic (exact) mass is 502 g/mol. The highest BCUT2D eigenvalue weighted by Crippen LogP contribution is 2.29. The highest BCUT2D eigenvalue weighted by Gasteiger charge is 2.31. The van der Waals surface area contributed by atoms with E-state index in [9.17, 15) is 22.8 Å². The van der Waals surface area contributed by atoms with Crippen LogP contribution in [0, 0.1) is 6.92 Å². The number of alkyl halides is 3. The molecule has 186 valence electrons. The molecule has 3 aromatic rings. The van der Waals surface area contributed by atoms with Crippen LogP contribution in [0.15, 0.2) is 66.0 Å². The molecular weight excluding hydrogens is 473 g/mol. The molecule has 4 nitrogen and oxygen atoms in total. The van der Waals surface area contributed by atoms with Crippen molar-refractivity contribution in [2.24, 2.45) is 0 Å². The first-order chi connectivity index (χ1) is 16.6. The zero-order valence-electron chi connectivity index (χ0n) is 20.0. The van der Waals surface area contributed by atoms with Gasteiger partial charge in [0.15, 0.2) is 0 Å². The van der Waals surface area contributed by atoms with Crippen molar-refractivity contribution in [3.05, 3.63) is 93.2 Å². The number of thiophene rings is 1. The molecule has 0 fully saturated rings.